The van der Waals surface area contributed by atoms with Gasteiger partial charge in [-0.25, -0.2) is 4.79 Å². The summed E-state index contributed by atoms with van der Waals surface area (Å²) in [5.41, 5.74) is -1.50. The molecule has 104 valence electrons. The monoisotopic (exact) mass is 259 g/mol. The van der Waals surface area contributed by atoms with E-state index < -0.39 is 35.2 Å². The van der Waals surface area contributed by atoms with Crippen LogP contribution < -0.4 is 5.32 Å². The van der Waals surface area contributed by atoms with E-state index in [0.29, 0.717) is 0 Å². The van der Waals surface area contributed by atoms with Crippen molar-refractivity contribution < 1.29 is 24.2 Å². The predicted octanol–water partition coefficient (Wildman–Crippen LogP) is 0.824. The van der Waals surface area contributed by atoms with Crippen molar-refractivity contribution in [3.8, 4) is 0 Å². The van der Waals surface area contributed by atoms with E-state index in [2.05, 4.69) is 5.32 Å². The summed E-state index contributed by atoms with van der Waals surface area (Å²) in [5.74, 6) is -0.442. The lowest BCUT2D eigenvalue weighted by Crippen LogP contribution is -2.51. The van der Waals surface area contributed by atoms with E-state index in [-0.39, 0.29) is 6.61 Å². The highest BCUT2D eigenvalue weighted by Gasteiger charge is 2.51. The van der Waals surface area contributed by atoms with Gasteiger partial charge in [0.15, 0.2) is 0 Å². The van der Waals surface area contributed by atoms with Gasteiger partial charge in [0.1, 0.15) is 11.7 Å². The summed E-state index contributed by atoms with van der Waals surface area (Å²) in [5, 5.41) is 11.8. The number of carbonyl (C=O) groups is 2. The van der Waals surface area contributed by atoms with Crippen LogP contribution in [0.25, 0.3) is 0 Å². The molecule has 18 heavy (non-hydrogen) atoms. The third-order valence-corrected chi connectivity index (χ3v) is 2.79. The van der Waals surface area contributed by atoms with Crippen molar-refractivity contribution in [2.24, 2.45) is 5.41 Å². The van der Waals surface area contributed by atoms with E-state index in [1.807, 2.05) is 0 Å². The Bertz CT molecular complexity index is 345. The number of aliphatic hydroxyl groups is 1. The van der Waals surface area contributed by atoms with Crippen LogP contribution in [-0.2, 0) is 14.3 Å². The Morgan fingerprint density at radius 3 is 2.50 bits per heavy atom. The van der Waals surface area contributed by atoms with E-state index in [1.165, 1.54) is 0 Å². The number of carbonyl (C=O) groups excluding carboxylic acids is 2. The van der Waals surface area contributed by atoms with Crippen LogP contribution in [0.5, 0.6) is 0 Å². The van der Waals surface area contributed by atoms with Gasteiger partial charge < -0.3 is 19.9 Å². The first-order valence-electron chi connectivity index (χ1n) is 5.89. The summed E-state index contributed by atoms with van der Waals surface area (Å²) in [4.78, 5) is 23.3. The van der Waals surface area contributed by atoms with Crippen LogP contribution in [0.1, 0.15) is 34.6 Å². The highest BCUT2D eigenvalue weighted by Crippen LogP contribution is 2.33. The first-order chi connectivity index (χ1) is 8.08. The number of hydrogen-bond donors (Lipinski definition) is 2. The minimum atomic E-state index is -0.885. The minimum Gasteiger partial charge on any atom is -0.457 e. The van der Waals surface area contributed by atoms with Crippen LogP contribution in [-0.4, -0.2) is 41.5 Å². The van der Waals surface area contributed by atoms with Gasteiger partial charge in [0.2, 0.25) is 0 Å². The summed E-state index contributed by atoms with van der Waals surface area (Å²) >= 11 is 0. The summed E-state index contributed by atoms with van der Waals surface area (Å²) in [6.45, 7) is 8.22. The molecular weight excluding hydrogens is 238 g/mol. The molecule has 1 heterocycles. The Kier molecular flexibility index (Phi) is 3.90. The molecule has 0 aromatic carbocycles. The number of nitrogens with one attached hydrogen (secondary N) is 1. The average molecular weight is 259 g/mol. The number of aliphatic hydroxyl groups excluding tert-OH is 1. The fourth-order valence-corrected chi connectivity index (χ4v) is 1.80. The number of amides is 1. The van der Waals surface area contributed by atoms with Gasteiger partial charge in [0, 0.05) is 0 Å². The van der Waals surface area contributed by atoms with Gasteiger partial charge in [-0.2, -0.15) is 0 Å². The van der Waals surface area contributed by atoms with Gasteiger partial charge in [-0.15, -0.1) is 0 Å². The smallest absolute Gasteiger partial charge is 0.408 e. The molecular formula is C12H21NO5. The zero-order valence-electron chi connectivity index (χ0n) is 11.4. The standard InChI is InChI=1S/C12H21NO5/c1-11(2,3)18-10(16)13-8-7(6-14)17-9(15)12(8,4)5/h7-8,14H,6H2,1-5H3,(H,13,16)/t7-,8+/m1/s1. The minimum absolute atomic E-state index is 0.338. The molecule has 1 aliphatic rings. The lowest BCUT2D eigenvalue weighted by molar-refractivity contribution is -0.148. The third-order valence-electron chi connectivity index (χ3n) is 2.79. The zero-order chi connectivity index (χ0) is 14.1. The van der Waals surface area contributed by atoms with Crippen LogP contribution in [0.3, 0.4) is 0 Å². The van der Waals surface area contributed by atoms with E-state index in [0.717, 1.165) is 0 Å². The fraction of sp³-hybridized carbons (Fsp3) is 0.833. The van der Waals surface area contributed by atoms with E-state index in [9.17, 15) is 9.59 Å². The summed E-state index contributed by atoms with van der Waals surface area (Å²) in [6, 6.07) is -0.607. The largest absolute Gasteiger partial charge is 0.457 e. The molecule has 0 saturated carbocycles. The molecule has 1 aliphatic heterocycles. The topological polar surface area (TPSA) is 84.9 Å². The van der Waals surface area contributed by atoms with Gasteiger partial charge in [0.05, 0.1) is 18.1 Å². The summed E-state index contributed by atoms with van der Waals surface area (Å²) in [7, 11) is 0. The summed E-state index contributed by atoms with van der Waals surface area (Å²) in [6.07, 6.45) is -1.36. The van der Waals surface area contributed by atoms with Gasteiger partial charge in [-0.1, -0.05) is 0 Å². The summed E-state index contributed by atoms with van der Waals surface area (Å²) < 4.78 is 10.1. The number of hydrogen-bond acceptors (Lipinski definition) is 5. The maximum Gasteiger partial charge on any atom is 0.408 e. The number of rotatable bonds is 2. The average Bonchev–Trinajstić information content (AvgIpc) is 2.38. The lowest BCUT2D eigenvalue weighted by atomic mass is 9.84. The second-order valence-electron chi connectivity index (χ2n) is 5.97. The second kappa shape index (κ2) is 4.76. The molecule has 2 atom stereocenters. The molecule has 6 nitrogen and oxygen atoms in total. The molecule has 1 saturated heterocycles. The molecule has 1 rings (SSSR count). The third kappa shape index (κ3) is 3.13. The van der Waals surface area contributed by atoms with Gasteiger partial charge in [-0.3, -0.25) is 4.79 Å². The second-order valence-corrected chi connectivity index (χ2v) is 5.97. The van der Waals surface area contributed by atoms with Crippen molar-refractivity contribution in [3.05, 3.63) is 0 Å². The maximum absolute atomic E-state index is 11.7. The first kappa shape index (κ1) is 14.8. The molecule has 0 bridgehead atoms. The molecule has 0 aromatic heterocycles. The Morgan fingerprint density at radius 1 is 1.50 bits per heavy atom. The molecule has 6 heteroatoms. The van der Waals surface area contributed by atoms with E-state index >= 15 is 0 Å². The molecule has 0 spiro atoms. The van der Waals surface area contributed by atoms with Crippen LogP contribution in [0.2, 0.25) is 0 Å². The number of cyclic esters (lactones) is 1. The fourth-order valence-electron chi connectivity index (χ4n) is 1.80. The van der Waals surface area contributed by atoms with Gasteiger partial charge >= 0.3 is 12.1 Å². The molecule has 0 radical (unpaired) electrons. The lowest BCUT2D eigenvalue weighted by Gasteiger charge is -2.27. The van der Waals surface area contributed by atoms with Crippen molar-refractivity contribution >= 4 is 12.1 Å². The Hall–Kier alpha value is -1.30. The molecule has 0 aromatic rings. The molecule has 1 amide bonds. The highest BCUT2D eigenvalue weighted by atomic mass is 16.6. The normalized spacial score (nSPS) is 26.7. The molecule has 0 aliphatic carbocycles. The van der Waals surface area contributed by atoms with Crippen LogP contribution >= 0.6 is 0 Å². The highest BCUT2D eigenvalue weighted by molar-refractivity contribution is 5.81. The molecule has 2 N–H and O–H groups in total. The van der Waals surface area contributed by atoms with Crippen LogP contribution in [0.15, 0.2) is 0 Å². The quantitative estimate of drug-likeness (QED) is 0.717. The SMILES string of the molecule is CC(C)(C)OC(=O)N[C@H]1[C@@H](CO)OC(=O)C1(C)C. The van der Waals surface area contributed by atoms with Crippen LogP contribution in [0.4, 0.5) is 4.79 Å². The maximum atomic E-state index is 11.7. The Balaban J connectivity index is 2.75. The molecule has 0 unspecified atom stereocenters. The van der Waals surface area contributed by atoms with Crippen LogP contribution in [0, 0.1) is 5.41 Å². The molecule has 1 fully saturated rings. The number of alkyl carbamates (subject to hydrolysis) is 1. The van der Waals surface area contributed by atoms with Crippen molar-refractivity contribution in [2.45, 2.75) is 52.4 Å². The number of esters is 1. The van der Waals surface area contributed by atoms with Crippen molar-refractivity contribution in [1.29, 1.82) is 0 Å². The Labute approximate surface area is 107 Å². The zero-order valence-corrected chi connectivity index (χ0v) is 11.4. The first-order valence-corrected chi connectivity index (χ1v) is 5.89. The van der Waals surface area contributed by atoms with Crippen molar-refractivity contribution in [2.75, 3.05) is 6.61 Å². The van der Waals surface area contributed by atoms with Gasteiger partial charge in [0.25, 0.3) is 0 Å². The van der Waals surface area contributed by atoms with Crippen molar-refractivity contribution in [1.82, 2.24) is 5.32 Å². The number of ether oxygens (including phenoxy) is 2. The van der Waals surface area contributed by atoms with E-state index in [1.54, 1.807) is 34.6 Å². The van der Waals surface area contributed by atoms with E-state index in [4.69, 9.17) is 14.6 Å². The predicted molar refractivity (Wildman–Crippen MR) is 63.9 cm³/mol. The Morgan fingerprint density at radius 2 is 2.06 bits per heavy atom. The van der Waals surface area contributed by atoms with Gasteiger partial charge in [-0.05, 0) is 34.6 Å². The van der Waals surface area contributed by atoms with Crippen molar-refractivity contribution in [3.63, 3.8) is 0 Å².